The number of nitrogens with one attached hydrogen (secondary N) is 2. The summed E-state index contributed by atoms with van der Waals surface area (Å²) in [7, 11) is 1.70. The molecule has 1 aliphatic heterocycles. The van der Waals surface area contributed by atoms with Gasteiger partial charge >= 0.3 is 0 Å². The van der Waals surface area contributed by atoms with Gasteiger partial charge in [-0.1, -0.05) is 35.9 Å². The van der Waals surface area contributed by atoms with E-state index in [1.165, 1.54) is 0 Å². The maximum atomic E-state index is 13.0. The number of hydrogen-bond donors (Lipinski definition) is 2. The summed E-state index contributed by atoms with van der Waals surface area (Å²) in [5, 5.41) is 6.03. The number of rotatable bonds is 5. The van der Waals surface area contributed by atoms with E-state index in [4.69, 9.17) is 11.6 Å². The number of nitrogens with zero attached hydrogens (tertiary/aromatic N) is 2. The molecule has 2 aromatic rings. The number of benzene rings is 2. The van der Waals surface area contributed by atoms with Gasteiger partial charge in [0.05, 0.1) is 35.2 Å². The zero-order chi connectivity index (χ0) is 21.0. The Kier molecular flexibility index (Phi) is 6.51. The minimum atomic E-state index is -0.295. The number of anilines is 3. The number of likely N-dealkylation sites (N-methyl/N-ethyl adjacent to an activating group) is 1. The molecule has 0 saturated carbocycles. The normalized spacial score (nSPS) is 16.1. The molecule has 8 heteroatoms. The van der Waals surface area contributed by atoms with E-state index in [9.17, 15) is 14.4 Å². The van der Waals surface area contributed by atoms with Gasteiger partial charge < -0.3 is 15.5 Å². The Labute approximate surface area is 174 Å². The molecular weight excluding hydrogens is 392 g/mol. The molecule has 1 atom stereocenters. The molecule has 2 N–H and O–H groups in total. The van der Waals surface area contributed by atoms with Crippen LogP contribution in [-0.2, 0) is 14.4 Å². The van der Waals surface area contributed by atoms with E-state index >= 15 is 0 Å². The van der Waals surface area contributed by atoms with Crippen molar-refractivity contribution in [1.29, 1.82) is 0 Å². The number of halogens is 1. The van der Waals surface area contributed by atoms with Gasteiger partial charge in [-0.25, -0.2) is 0 Å². The van der Waals surface area contributed by atoms with Crippen LogP contribution < -0.4 is 15.5 Å². The van der Waals surface area contributed by atoms with Crippen molar-refractivity contribution in [3.63, 3.8) is 0 Å². The van der Waals surface area contributed by atoms with Gasteiger partial charge in [0.1, 0.15) is 0 Å². The van der Waals surface area contributed by atoms with Crippen LogP contribution in [0.4, 0.5) is 17.1 Å². The highest BCUT2D eigenvalue weighted by Gasteiger charge is 2.30. The van der Waals surface area contributed by atoms with Gasteiger partial charge in [-0.05, 0) is 38.2 Å². The molecule has 1 aliphatic rings. The first kappa shape index (κ1) is 20.8. The van der Waals surface area contributed by atoms with Crippen molar-refractivity contribution in [1.82, 2.24) is 4.90 Å². The summed E-state index contributed by atoms with van der Waals surface area (Å²) < 4.78 is 0. The monoisotopic (exact) mass is 414 g/mol. The topological polar surface area (TPSA) is 81.8 Å². The number of para-hydroxylation sites is 3. The molecular formula is C21H23ClN4O3. The quantitative estimate of drug-likeness (QED) is 0.788. The Morgan fingerprint density at radius 1 is 1.17 bits per heavy atom. The van der Waals surface area contributed by atoms with Crippen molar-refractivity contribution in [2.75, 3.05) is 35.7 Å². The number of amides is 3. The van der Waals surface area contributed by atoms with Crippen molar-refractivity contribution in [2.45, 2.75) is 19.4 Å². The average molecular weight is 415 g/mol. The number of fused-ring (bicyclic) bond motifs is 1. The molecule has 152 valence electrons. The lowest BCUT2D eigenvalue weighted by Crippen LogP contribution is -2.45. The van der Waals surface area contributed by atoms with Crippen molar-refractivity contribution in [2.24, 2.45) is 0 Å². The van der Waals surface area contributed by atoms with E-state index in [-0.39, 0.29) is 43.3 Å². The van der Waals surface area contributed by atoms with Crippen LogP contribution in [0.25, 0.3) is 0 Å². The smallest absolute Gasteiger partial charge is 0.241 e. The summed E-state index contributed by atoms with van der Waals surface area (Å²) in [5.41, 5.74) is 1.79. The Morgan fingerprint density at radius 3 is 2.62 bits per heavy atom. The summed E-state index contributed by atoms with van der Waals surface area (Å²) in [6, 6.07) is 13.9. The third-order valence-electron chi connectivity index (χ3n) is 4.59. The largest absolute Gasteiger partial charge is 0.324 e. The average Bonchev–Trinajstić information content (AvgIpc) is 2.77. The molecule has 2 aromatic carbocycles. The molecule has 0 unspecified atom stereocenters. The summed E-state index contributed by atoms with van der Waals surface area (Å²) >= 11 is 6.06. The standard InChI is InChI=1S/C21H23ClN4O3/c1-14-11-19(27)24-17-9-5-6-10-18(17)26(14)21(29)13-25(2)12-20(28)23-16-8-4-3-7-15(16)22/h3-10,14H,11-13H2,1-2H3,(H,23,28)(H,24,27)/t14-/m1/s1. The maximum absolute atomic E-state index is 13.0. The molecule has 0 bridgehead atoms. The second-order valence-corrected chi connectivity index (χ2v) is 7.49. The lowest BCUT2D eigenvalue weighted by Gasteiger charge is -2.29. The van der Waals surface area contributed by atoms with E-state index in [1.54, 1.807) is 53.2 Å². The van der Waals surface area contributed by atoms with Crippen LogP contribution >= 0.6 is 11.6 Å². The van der Waals surface area contributed by atoms with Gasteiger partial charge in [0.2, 0.25) is 17.7 Å². The molecule has 0 spiro atoms. The van der Waals surface area contributed by atoms with Crippen molar-refractivity contribution in [3.05, 3.63) is 53.6 Å². The highest BCUT2D eigenvalue weighted by molar-refractivity contribution is 6.33. The van der Waals surface area contributed by atoms with E-state index in [2.05, 4.69) is 10.6 Å². The van der Waals surface area contributed by atoms with Crippen LogP contribution in [-0.4, -0.2) is 48.8 Å². The molecule has 0 radical (unpaired) electrons. The number of hydrogen-bond acceptors (Lipinski definition) is 4. The molecule has 29 heavy (non-hydrogen) atoms. The van der Waals surface area contributed by atoms with Crippen LogP contribution in [0.1, 0.15) is 13.3 Å². The molecule has 0 aromatic heterocycles. The zero-order valence-electron chi connectivity index (χ0n) is 16.3. The summed E-state index contributed by atoms with van der Waals surface area (Å²) in [6.07, 6.45) is 0.205. The molecule has 0 fully saturated rings. The molecule has 3 amide bonds. The second-order valence-electron chi connectivity index (χ2n) is 7.08. The van der Waals surface area contributed by atoms with Crippen molar-refractivity contribution >= 4 is 46.4 Å². The fourth-order valence-electron chi connectivity index (χ4n) is 3.33. The summed E-state index contributed by atoms with van der Waals surface area (Å²) in [5.74, 6) is -0.586. The Morgan fingerprint density at radius 2 is 1.86 bits per heavy atom. The SMILES string of the molecule is C[C@@H]1CC(=O)Nc2ccccc2N1C(=O)CN(C)CC(=O)Nc1ccccc1Cl. The van der Waals surface area contributed by atoms with E-state index in [0.717, 1.165) is 0 Å². The lowest BCUT2D eigenvalue weighted by molar-refractivity contribution is -0.121. The van der Waals surface area contributed by atoms with Crippen LogP contribution in [0.2, 0.25) is 5.02 Å². The number of carbonyl (C=O) groups excluding carboxylic acids is 3. The maximum Gasteiger partial charge on any atom is 0.241 e. The first-order valence-electron chi connectivity index (χ1n) is 9.29. The van der Waals surface area contributed by atoms with Gasteiger partial charge in [0.25, 0.3) is 0 Å². The summed E-state index contributed by atoms with van der Waals surface area (Å²) in [6.45, 7) is 1.89. The van der Waals surface area contributed by atoms with E-state index in [0.29, 0.717) is 22.1 Å². The van der Waals surface area contributed by atoms with Crippen LogP contribution in [0, 0.1) is 0 Å². The van der Waals surface area contributed by atoms with Crippen molar-refractivity contribution < 1.29 is 14.4 Å². The van der Waals surface area contributed by atoms with Gasteiger partial charge in [-0.3, -0.25) is 19.3 Å². The Balaban J connectivity index is 1.66. The highest BCUT2D eigenvalue weighted by Crippen LogP contribution is 2.31. The minimum absolute atomic E-state index is 0.0258. The fraction of sp³-hybridized carbons (Fsp3) is 0.286. The van der Waals surface area contributed by atoms with Crippen LogP contribution in [0.5, 0.6) is 0 Å². The fourth-order valence-corrected chi connectivity index (χ4v) is 3.51. The highest BCUT2D eigenvalue weighted by atomic mass is 35.5. The van der Waals surface area contributed by atoms with Gasteiger partial charge in [-0.15, -0.1) is 0 Å². The molecule has 0 saturated heterocycles. The zero-order valence-corrected chi connectivity index (χ0v) is 17.1. The van der Waals surface area contributed by atoms with Gasteiger partial charge in [0, 0.05) is 12.5 Å². The predicted molar refractivity (Wildman–Crippen MR) is 114 cm³/mol. The molecule has 3 rings (SSSR count). The second kappa shape index (κ2) is 9.07. The molecule has 7 nitrogen and oxygen atoms in total. The van der Waals surface area contributed by atoms with Crippen LogP contribution in [0.3, 0.4) is 0 Å². The third kappa shape index (κ3) is 5.13. The van der Waals surface area contributed by atoms with E-state index in [1.807, 2.05) is 19.1 Å². The van der Waals surface area contributed by atoms with Gasteiger partial charge in [0.15, 0.2) is 0 Å². The predicted octanol–water partition coefficient (Wildman–Crippen LogP) is 2.97. The van der Waals surface area contributed by atoms with Gasteiger partial charge in [-0.2, -0.15) is 0 Å². The Hall–Kier alpha value is -2.90. The van der Waals surface area contributed by atoms with Crippen molar-refractivity contribution in [3.8, 4) is 0 Å². The number of carbonyl (C=O) groups is 3. The van der Waals surface area contributed by atoms with E-state index < -0.39 is 0 Å². The first-order valence-corrected chi connectivity index (χ1v) is 9.67. The molecule has 0 aliphatic carbocycles. The lowest BCUT2D eigenvalue weighted by atomic mass is 10.1. The minimum Gasteiger partial charge on any atom is -0.324 e. The van der Waals surface area contributed by atoms with Crippen LogP contribution in [0.15, 0.2) is 48.5 Å². The first-order chi connectivity index (χ1) is 13.8. The molecule has 1 heterocycles. The Bertz CT molecular complexity index is 934. The third-order valence-corrected chi connectivity index (χ3v) is 4.92. The summed E-state index contributed by atoms with van der Waals surface area (Å²) in [4.78, 5) is 40.6.